The van der Waals surface area contributed by atoms with Crippen LogP contribution in [0.5, 0.6) is 0 Å². The minimum absolute atomic E-state index is 0.0134. The van der Waals surface area contributed by atoms with Crippen molar-refractivity contribution in [2.75, 3.05) is 0 Å². The molecule has 0 spiro atoms. The van der Waals surface area contributed by atoms with Crippen molar-refractivity contribution in [2.24, 2.45) is 10.8 Å². The van der Waals surface area contributed by atoms with E-state index in [1.54, 1.807) is 0 Å². The molecule has 3 heteroatoms. The number of ketones is 1. The van der Waals surface area contributed by atoms with Crippen LogP contribution in [0.2, 0.25) is 0 Å². The van der Waals surface area contributed by atoms with Crippen molar-refractivity contribution in [3.8, 4) is 0 Å². The number of nitrogens with one attached hydrogen (secondary N) is 1. The summed E-state index contributed by atoms with van der Waals surface area (Å²) in [5.41, 5.74) is 1.25. The summed E-state index contributed by atoms with van der Waals surface area (Å²) in [5.74, 6) is 0.219. The first-order valence-electron chi connectivity index (χ1n) is 7.40. The number of rotatable bonds is 4. The highest BCUT2D eigenvalue weighted by atomic mass is 16.2. The molecule has 0 saturated carbocycles. The molecule has 3 nitrogen and oxygen atoms in total. The van der Waals surface area contributed by atoms with E-state index in [1.807, 2.05) is 65.8 Å². The Labute approximate surface area is 128 Å². The van der Waals surface area contributed by atoms with Gasteiger partial charge in [0.2, 0.25) is 5.91 Å². The van der Waals surface area contributed by atoms with E-state index >= 15 is 0 Å². The molecule has 1 aromatic rings. The number of carbonyl (C=O) groups is 2. The van der Waals surface area contributed by atoms with Gasteiger partial charge in [-0.05, 0) is 11.1 Å². The zero-order valence-electron chi connectivity index (χ0n) is 14.0. The van der Waals surface area contributed by atoms with Crippen LogP contribution in [0.4, 0.5) is 0 Å². The van der Waals surface area contributed by atoms with Gasteiger partial charge in [-0.15, -0.1) is 0 Å². The van der Waals surface area contributed by atoms with E-state index in [2.05, 4.69) is 5.32 Å². The fourth-order valence-corrected chi connectivity index (χ4v) is 1.78. The quantitative estimate of drug-likeness (QED) is 0.922. The predicted octanol–water partition coefficient (Wildman–Crippen LogP) is 3.51. The van der Waals surface area contributed by atoms with Gasteiger partial charge in [0.05, 0.1) is 0 Å². The molecule has 0 aliphatic rings. The van der Waals surface area contributed by atoms with Crippen LogP contribution in [0, 0.1) is 10.8 Å². The molecule has 1 N–H and O–H groups in total. The van der Waals surface area contributed by atoms with Gasteiger partial charge in [-0.2, -0.15) is 0 Å². The van der Waals surface area contributed by atoms with Crippen LogP contribution in [-0.4, -0.2) is 11.7 Å². The van der Waals surface area contributed by atoms with Gasteiger partial charge in [-0.1, -0.05) is 65.8 Å². The summed E-state index contributed by atoms with van der Waals surface area (Å²) in [7, 11) is 0. The molecule has 0 radical (unpaired) electrons. The summed E-state index contributed by atoms with van der Waals surface area (Å²) < 4.78 is 0. The molecule has 0 unspecified atom stereocenters. The van der Waals surface area contributed by atoms with Gasteiger partial charge in [0.15, 0.2) is 0 Å². The smallest absolute Gasteiger partial charge is 0.225 e. The third-order valence-corrected chi connectivity index (χ3v) is 3.43. The second-order valence-electron chi connectivity index (χ2n) is 7.55. The van der Waals surface area contributed by atoms with Crippen LogP contribution in [0.3, 0.4) is 0 Å². The predicted molar refractivity (Wildman–Crippen MR) is 85.9 cm³/mol. The number of benzene rings is 1. The van der Waals surface area contributed by atoms with Gasteiger partial charge >= 0.3 is 0 Å². The molecule has 0 heterocycles. The summed E-state index contributed by atoms with van der Waals surface area (Å²) >= 11 is 0. The zero-order chi connectivity index (χ0) is 16.3. The first-order chi connectivity index (χ1) is 9.51. The van der Waals surface area contributed by atoms with Crippen molar-refractivity contribution in [3.05, 3.63) is 35.4 Å². The van der Waals surface area contributed by atoms with Gasteiger partial charge < -0.3 is 5.32 Å². The Morgan fingerprint density at radius 3 is 1.90 bits per heavy atom. The number of hydrogen-bond acceptors (Lipinski definition) is 2. The van der Waals surface area contributed by atoms with Crippen molar-refractivity contribution in [1.29, 1.82) is 0 Å². The van der Waals surface area contributed by atoms with Crippen LogP contribution < -0.4 is 5.32 Å². The van der Waals surface area contributed by atoms with E-state index in [1.165, 1.54) is 0 Å². The minimum Gasteiger partial charge on any atom is -0.352 e. The highest BCUT2D eigenvalue weighted by Gasteiger charge is 2.23. The normalized spacial score (nSPS) is 12.1. The molecule has 1 aromatic carbocycles. The second kappa shape index (κ2) is 6.42. The van der Waals surface area contributed by atoms with Gasteiger partial charge in [0.1, 0.15) is 5.78 Å². The minimum atomic E-state index is -0.407. The van der Waals surface area contributed by atoms with E-state index in [-0.39, 0.29) is 17.1 Å². The average molecular weight is 289 g/mol. The first kappa shape index (κ1) is 17.4. The van der Waals surface area contributed by atoms with Crippen LogP contribution >= 0.6 is 0 Å². The Hall–Kier alpha value is -1.64. The Morgan fingerprint density at radius 2 is 1.43 bits per heavy atom. The SMILES string of the molecule is CC(C)(C)C(=O)Cc1ccccc1CNC(=O)C(C)(C)C. The van der Waals surface area contributed by atoms with Crippen molar-refractivity contribution < 1.29 is 9.59 Å². The van der Waals surface area contributed by atoms with Crippen molar-refractivity contribution in [2.45, 2.75) is 54.5 Å². The summed E-state index contributed by atoms with van der Waals surface area (Å²) in [4.78, 5) is 24.1. The van der Waals surface area contributed by atoms with Gasteiger partial charge in [0, 0.05) is 23.8 Å². The summed E-state index contributed by atoms with van der Waals surface area (Å²) in [6, 6.07) is 7.79. The van der Waals surface area contributed by atoms with E-state index in [0.717, 1.165) is 11.1 Å². The molecule has 0 saturated heterocycles. The lowest BCUT2D eigenvalue weighted by atomic mass is 9.86. The summed E-state index contributed by atoms with van der Waals surface area (Å²) in [5, 5.41) is 2.94. The molecule has 1 rings (SSSR count). The van der Waals surface area contributed by atoms with E-state index in [4.69, 9.17) is 0 Å². The number of carbonyl (C=O) groups excluding carboxylic acids is 2. The number of amides is 1. The molecule has 1 amide bonds. The van der Waals surface area contributed by atoms with Gasteiger partial charge in [-0.3, -0.25) is 9.59 Å². The molecule has 0 fully saturated rings. The lowest BCUT2D eigenvalue weighted by Gasteiger charge is -2.20. The van der Waals surface area contributed by atoms with E-state index < -0.39 is 5.41 Å². The fraction of sp³-hybridized carbons (Fsp3) is 0.556. The molecule has 0 atom stereocenters. The van der Waals surface area contributed by atoms with Crippen molar-refractivity contribution in [3.63, 3.8) is 0 Å². The molecular weight excluding hydrogens is 262 g/mol. The molecular formula is C18H27NO2. The zero-order valence-corrected chi connectivity index (χ0v) is 14.0. The highest BCUT2D eigenvalue weighted by Crippen LogP contribution is 2.20. The average Bonchev–Trinajstić information content (AvgIpc) is 2.35. The molecule has 21 heavy (non-hydrogen) atoms. The van der Waals surface area contributed by atoms with Gasteiger partial charge in [-0.25, -0.2) is 0 Å². The van der Waals surface area contributed by atoms with Crippen LogP contribution in [0.1, 0.15) is 52.7 Å². The Bertz CT molecular complexity index is 519. The summed E-state index contributed by atoms with van der Waals surface area (Å²) in [6.07, 6.45) is 0.408. The maximum Gasteiger partial charge on any atom is 0.225 e. The van der Waals surface area contributed by atoms with Crippen molar-refractivity contribution >= 4 is 11.7 Å². The topological polar surface area (TPSA) is 46.2 Å². The van der Waals surface area contributed by atoms with E-state index in [0.29, 0.717) is 13.0 Å². The molecule has 0 aliphatic carbocycles. The Morgan fingerprint density at radius 1 is 0.905 bits per heavy atom. The monoisotopic (exact) mass is 289 g/mol. The van der Waals surface area contributed by atoms with Crippen LogP contribution in [-0.2, 0) is 22.6 Å². The molecule has 0 aliphatic heterocycles. The third-order valence-electron chi connectivity index (χ3n) is 3.43. The van der Waals surface area contributed by atoms with Gasteiger partial charge in [0.25, 0.3) is 0 Å². The second-order valence-corrected chi connectivity index (χ2v) is 7.55. The molecule has 0 aromatic heterocycles. The number of Topliss-reactive ketones (excluding diaryl/α,β-unsaturated/α-hetero) is 1. The standard InChI is InChI=1S/C18H27NO2/c1-17(2,3)15(20)11-13-9-7-8-10-14(13)12-19-16(21)18(4,5)6/h7-10H,11-12H2,1-6H3,(H,19,21). The molecule has 116 valence electrons. The maximum absolute atomic E-state index is 12.2. The molecule has 0 bridgehead atoms. The maximum atomic E-state index is 12.2. The van der Waals surface area contributed by atoms with Crippen molar-refractivity contribution in [1.82, 2.24) is 5.32 Å². The first-order valence-corrected chi connectivity index (χ1v) is 7.40. The third kappa shape index (κ3) is 5.33. The lowest BCUT2D eigenvalue weighted by molar-refractivity contribution is -0.128. The van der Waals surface area contributed by atoms with Crippen LogP contribution in [0.15, 0.2) is 24.3 Å². The summed E-state index contributed by atoms with van der Waals surface area (Å²) in [6.45, 7) is 11.9. The Balaban J connectivity index is 2.81. The van der Waals surface area contributed by atoms with Crippen LogP contribution in [0.25, 0.3) is 0 Å². The largest absolute Gasteiger partial charge is 0.352 e. The highest BCUT2D eigenvalue weighted by molar-refractivity contribution is 5.86. The Kier molecular flexibility index (Phi) is 5.32. The number of hydrogen-bond donors (Lipinski definition) is 1. The lowest BCUT2D eigenvalue weighted by Crippen LogP contribution is -2.34. The fourth-order valence-electron chi connectivity index (χ4n) is 1.78. The van der Waals surface area contributed by atoms with E-state index in [9.17, 15) is 9.59 Å².